The Morgan fingerprint density at radius 2 is 1.88 bits per heavy atom. The van der Waals surface area contributed by atoms with Gasteiger partial charge in [0.05, 0.1) is 4.90 Å². The summed E-state index contributed by atoms with van der Waals surface area (Å²) < 4.78 is 23.5. The minimum Gasteiger partial charge on any atom is -0.479 e. The molecule has 3 N–H and O–H groups in total. The minimum atomic E-state index is -4.00. The van der Waals surface area contributed by atoms with Crippen molar-refractivity contribution in [3.8, 4) is 0 Å². The molecule has 0 aliphatic rings. The Bertz CT molecular complexity index is 522. The van der Waals surface area contributed by atoms with Crippen molar-refractivity contribution in [1.29, 1.82) is 0 Å². The Labute approximate surface area is 93.8 Å². The first-order chi connectivity index (χ1) is 7.26. The first-order valence-corrected chi connectivity index (χ1v) is 6.11. The third-order valence-electron chi connectivity index (χ3n) is 2.38. The van der Waals surface area contributed by atoms with Crippen molar-refractivity contribution in [2.24, 2.45) is 5.73 Å². The number of aliphatic carboxylic acids is 1. The summed E-state index contributed by atoms with van der Waals surface area (Å²) in [5.74, 6) is -1.56. The monoisotopic (exact) mass is 243 g/mol. The average molecular weight is 243 g/mol. The van der Waals surface area contributed by atoms with E-state index in [4.69, 9.17) is 10.8 Å². The summed E-state index contributed by atoms with van der Waals surface area (Å²) >= 11 is 0. The Hall–Kier alpha value is -1.40. The van der Waals surface area contributed by atoms with Crippen LogP contribution in [0.2, 0.25) is 0 Å². The lowest BCUT2D eigenvalue weighted by Gasteiger charge is -2.10. The maximum atomic E-state index is 11.7. The molecule has 1 unspecified atom stereocenters. The van der Waals surface area contributed by atoms with Crippen LogP contribution in [0.3, 0.4) is 0 Å². The first kappa shape index (κ1) is 12.7. The molecule has 0 bridgehead atoms. The summed E-state index contributed by atoms with van der Waals surface area (Å²) in [5.41, 5.74) is 6.84. The molecule has 0 heterocycles. The van der Waals surface area contributed by atoms with Crippen LogP contribution >= 0.6 is 0 Å². The van der Waals surface area contributed by atoms with Crippen LogP contribution in [-0.2, 0) is 14.6 Å². The molecule has 6 heteroatoms. The van der Waals surface area contributed by atoms with Crippen molar-refractivity contribution in [2.45, 2.75) is 24.1 Å². The van der Waals surface area contributed by atoms with E-state index < -0.39 is 21.2 Å². The second-order valence-corrected chi connectivity index (χ2v) is 5.62. The molecule has 0 aliphatic heterocycles. The summed E-state index contributed by atoms with van der Waals surface area (Å²) in [6.45, 7) is 3.59. The van der Waals surface area contributed by atoms with Gasteiger partial charge in [0.1, 0.15) is 0 Å². The normalized spacial score (nSPS) is 13.4. The number of hydrogen-bond acceptors (Lipinski definition) is 4. The van der Waals surface area contributed by atoms with E-state index in [0.29, 0.717) is 0 Å². The highest BCUT2D eigenvalue weighted by Crippen LogP contribution is 2.17. The van der Waals surface area contributed by atoms with Gasteiger partial charge in [-0.15, -0.1) is 0 Å². The minimum absolute atomic E-state index is 0.0644. The molecule has 0 aliphatic carbocycles. The third kappa shape index (κ3) is 2.23. The SMILES string of the molecule is Cc1ccc(S(=O)(=O)C(N)C(=O)O)cc1C. The highest BCUT2D eigenvalue weighted by atomic mass is 32.2. The van der Waals surface area contributed by atoms with E-state index in [0.717, 1.165) is 11.1 Å². The van der Waals surface area contributed by atoms with Gasteiger partial charge in [0.25, 0.3) is 0 Å². The third-order valence-corrected chi connectivity index (χ3v) is 4.17. The van der Waals surface area contributed by atoms with Crippen molar-refractivity contribution in [1.82, 2.24) is 0 Å². The van der Waals surface area contributed by atoms with Crippen molar-refractivity contribution < 1.29 is 18.3 Å². The molecule has 0 saturated carbocycles. The molecular weight excluding hydrogens is 230 g/mol. The van der Waals surface area contributed by atoms with Gasteiger partial charge in [-0.2, -0.15) is 0 Å². The van der Waals surface area contributed by atoms with Crippen molar-refractivity contribution >= 4 is 15.8 Å². The van der Waals surface area contributed by atoms with Crippen molar-refractivity contribution in [3.05, 3.63) is 29.3 Å². The number of sulfone groups is 1. The lowest BCUT2D eigenvalue weighted by atomic mass is 10.1. The van der Waals surface area contributed by atoms with E-state index in [9.17, 15) is 13.2 Å². The molecule has 1 aromatic rings. The van der Waals surface area contributed by atoms with E-state index in [1.807, 2.05) is 6.92 Å². The zero-order valence-corrected chi connectivity index (χ0v) is 9.78. The fraction of sp³-hybridized carbons (Fsp3) is 0.300. The van der Waals surface area contributed by atoms with Gasteiger partial charge >= 0.3 is 5.97 Å². The molecule has 0 saturated heterocycles. The lowest BCUT2D eigenvalue weighted by molar-refractivity contribution is -0.136. The van der Waals surface area contributed by atoms with Crippen LogP contribution in [0.15, 0.2) is 23.1 Å². The maximum Gasteiger partial charge on any atom is 0.336 e. The summed E-state index contributed by atoms with van der Waals surface area (Å²) in [6.07, 6.45) is 0. The molecule has 0 spiro atoms. The first-order valence-electron chi connectivity index (χ1n) is 4.56. The van der Waals surface area contributed by atoms with E-state index in [-0.39, 0.29) is 4.90 Å². The molecule has 16 heavy (non-hydrogen) atoms. The van der Waals surface area contributed by atoms with Crippen LogP contribution in [-0.4, -0.2) is 24.9 Å². The largest absolute Gasteiger partial charge is 0.479 e. The molecular formula is C10H13NO4S. The number of rotatable bonds is 3. The van der Waals surface area contributed by atoms with E-state index in [2.05, 4.69) is 0 Å². The number of carbonyl (C=O) groups is 1. The van der Waals surface area contributed by atoms with Crippen LogP contribution in [0.1, 0.15) is 11.1 Å². The van der Waals surface area contributed by atoms with Gasteiger partial charge in [-0.1, -0.05) is 6.07 Å². The molecule has 1 rings (SSSR count). The Kier molecular flexibility index (Phi) is 3.35. The quantitative estimate of drug-likeness (QED) is 0.803. The smallest absolute Gasteiger partial charge is 0.336 e. The van der Waals surface area contributed by atoms with Gasteiger partial charge in [0.2, 0.25) is 15.2 Å². The lowest BCUT2D eigenvalue weighted by Crippen LogP contribution is -2.38. The van der Waals surface area contributed by atoms with Crippen LogP contribution < -0.4 is 5.73 Å². The molecule has 0 amide bonds. The number of hydrogen-bond donors (Lipinski definition) is 2. The van der Waals surface area contributed by atoms with Gasteiger partial charge < -0.3 is 10.8 Å². The molecule has 88 valence electrons. The zero-order valence-electron chi connectivity index (χ0n) is 8.97. The van der Waals surface area contributed by atoms with Gasteiger partial charge in [0.15, 0.2) is 0 Å². The van der Waals surface area contributed by atoms with Gasteiger partial charge in [-0.05, 0) is 37.1 Å². The van der Waals surface area contributed by atoms with Gasteiger partial charge in [-0.3, -0.25) is 0 Å². The Morgan fingerprint density at radius 1 is 1.31 bits per heavy atom. The molecule has 0 aromatic heterocycles. The summed E-state index contributed by atoms with van der Waals surface area (Å²) in [7, 11) is -4.00. The van der Waals surface area contributed by atoms with Gasteiger partial charge in [-0.25, -0.2) is 13.2 Å². The van der Waals surface area contributed by atoms with Crippen molar-refractivity contribution in [3.63, 3.8) is 0 Å². The standard InChI is InChI=1S/C10H13NO4S/c1-6-3-4-8(5-7(6)2)16(14,15)9(11)10(12)13/h3-5,9H,11H2,1-2H3,(H,12,13). The fourth-order valence-electron chi connectivity index (χ4n) is 1.17. The molecule has 0 fully saturated rings. The van der Waals surface area contributed by atoms with Crippen LogP contribution in [0.4, 0.5) is 0 Å². The number of carboxylic acids is 1. The van der Waals surface area contributed by atoms with E-state index >= 15 is 0 Å². The van der Waals surface area contributed by atoms with Crippen LogP contribution in [0.25, 0.3) is 0 Å². The van der Waals surface area contributed by atoms with Crippen molar-refractivity contribution in [2.75, 3.05) is 0 Å². The number of nitrogens with two attached hydrogens (primary N) is 1. The highest BCUT2D eigenvalue weighted by molar-refractivity contribution is 7.92. The molecule has 5 nitrogen and oxygen atoms in total. The molecule has 0 radical (unpaired) electrons. The van der Waals surface area contributed by atoms with Gasteiger partial charge in [0, 0.05) is 0 Å². The number of benzene rings is 1. The predicted molar refractivity (Wildman–Crippen MR) is 58.7 cm³/mol. The van der Waals surface area contributed by atoms with Crippen LogP contribution in [0.5, 0.6) is 0 Å². The summed E-state index contributed by atoms with van der Waals surface area (Å²) in [6, 6.07) is 4.41. The van der Waals surface area contributed by atoms with Crippen LogP contribution in [0, 0.1) is 13.8 Å². The maximum absolute atomic E-state index is 11.7. The Morgan fingerprint density at radius 3 is 2.31 bits per heavy atom. The molecule has 1 aromatic carbocycles. The Balaban J connectivity index is 3.28. The second kappa shape index (κ2) is 4.23. The molecule has 1 atom stereocenters. The topological polar surface area (TPSA) is 97.5 Å². The summed E-state index contributed by atoms with van der Waals surface area (Å²) in [4.78, 5) is 10.5. The van der Waals surface area contributed by atoms with E-state index in [1.54, 1.807) is 13.0 Å². The highest BCUT2D eigenvalue weighted by Gasteiger charge is 2.30. The number of aryl methyl sites for hydroxylation is 2. The predicted octanol–water partition coefficient (Wildman–Crippen LogP) is 0.447. The zero-order chi connectivity index (χ0) is 12.5. The number of carboxylic acid groups (broad SMARTS) is 1. The average Bonchev–Trinajstić information content (AvgIpc) is 2.20. The van der Waals surface area contributed by atoms with E-state index in [1.165, 1.54) is 12.1 Å². The second-order valence-electron chi connectivity index (χ2n) is 3.55. The summed E-state index contributed by atoms with van der Waals surface area (Å²) in [5, 5.41) is 6.68. The fourth-order valence-corrected chi connectivity index (χ4v) is 2.33.